The Balaban J connectivity index is 3.25. The lowest BCUT2D eigenvalue weighted by molar-refractivity contribution is 0.398. The molecule has 0 aliphatic carbocycles. The molecule has 0 bridgehead atoms. The zero-order valence-corrected chi connectivity index (χ0v) is 21.5. The van der Waals surface area contributed by atoms with E-state index in [1.165, 1.54) is 64.5 Å². The van der Waals surface area contributed by atoms with E-state index in [0.717, 1.165) is 13.1 Å². The topological polar surface area (TPSA) is 42.5 Å². The van der Waals surface area contributed by atoms with Crippen LogP contribution in [0.3, 0.4) is 0 Å². The summed E-state index contributed by atoms with van der Waals surface area (Å²) in [5.74, 6) is 0. The fourth-order valence-electron chi connectivity index (χ4n) is 3.24. The lowest BCUT2D eigenvalue weighted by atomic mass is 10.1. The van der Waals surface area contributed by atoms with Crippen molar-refractivity contribution in [3.8, 4) is 0 Å². The first-order valence-electron chi connectivity index (χ1n) is 10.7. The van der Waals surface area contributed by atoms with Gasteiger partial charge >= 0.3 is 0 Å². The average Bonchev–Trinajstić information content (AvgIpc) is 2.55. The Kier molecular flexibility index (Phi) is 16.4. The van der Waals surface area contributed by atoms with E-state index in [9.17, 15) is 0 Å². The fraction of sp³-hybridized carbons (Fsp3) is 1.00. The van der Waals surface area contributed by atoms with Gasteiger partial charge in [0.2, 0.25) is 0 Å². The van der Waals surface area contributed by atoms with E-state index >= 15 is 0 Å². The van der Waals surface area contributed by atoms with Crippen molar-refractivity contribution in [2.45, 2.75) is 89.1 Å². The summed E-state index contributed by atoms with van der Waals surface area (Å²) in [7, 11) is 2.96. The molecule has 0 aromatic rings. The summed E-state index contributed by atoms with van der Waals surface area (Å²) in [4.78, 5) is 0. The summed E-state index contributed by atoms with van der Waals surface area (Å²) in [6.45, 7) is 14.0. The molecule has 0 aliphatic heterocycles. The maximum Gasteiger partial charge on any atom is 0.166 e. The molecule has 0 heterocycles. The van der Waals surface area contributed by atoms with E-state index in [1.54, 1.807) is 0 Å². The van der Waals surface area contributed by atoms with E-state index in [1.807, 2.05) is 14.2 Å². The summed E-state index contributed by atoms with van der Waals surface area (Å²) in [5.41, 5.74) is 0. The molecule has 0 unspecified atom stereocenters. The highest BCUT2D eigenvalue weighted by Gasteiger charge is 2.18. The Hall–Kier alpha value is 0.274. The van der Waals surface area contributed by atoms with Gasteiger partial charge in [-0.3, -0.25) is 0 Å². The van der Waals surface area contributed by atoms with Crippen molar-refractivity contribution in [3.05, 3.63) is 0 Å². The Labute approximate surface area is 168 Å². The van der Waals surface area contributed by atoms with Gasteiger partial charge in [0, 0.05) is 14.2 Å². The first kappa shape index (κ1) is 26.3. The maximum absolute atomic E-state index is 5.40. The molecule has 0 atom stereocenters. The molecule has 6 heteroatoms. The summed E-state index contributed by atoms with van der Waals surface area (Å²) >= 11 is 0. The van der Waals surface area contributed by atoms with Crippen LogP contribution in [-0.2, 0) is 8.85 Å². The molecule has 0 spiro atoms. The van der Waals surface area contributed by atoms with Crippen LogP contribution in [0.25, 0.3) is 0 Å². The minimum absolute atomic E-state index is 0.371. The van der Waals surface area contributed by atoms with Crippen molar-refractivity contribution in [1.29, 1.82) is 0 Å². The minimum atomic E-state index is -0.371. The van der Waals surface area contributed by atoms with Gasteiger partial charge in [0.1, 0.15) is 0 Å². The molecule has 0 rings (SSSR count). The predicted octanol–water partition coefficient (Wildman–Crippen LogP) is 3.14. The quantitative estimate of drug-likeness (QED) is 0.256. The number of unbranched alkanes of at least 4 members (excludes halogenated alkanes) is 5. The highest BCUT2D eigenvalue weighted by molar-refractivity contribution is 6.32. The van der Waals surface area contributed by atoms with Crippen molar-refractivity contribution < 1.29 is 8.85 Å². The van der Waals surface area contributed by atoms with Crippen LogP contribution in [0.2, 0.25) is 10.1 Å². The number of nitrogens with one attached hydrogen (secondary N) is 2. The summed E-state index contributed by atoms with van der Waals surface area (Å²) < 4.78 is 10.8. The molecule has 0 aliphatic rings. The summed E-state index contributed by atoms with van der Waals surface area (Å²) in [6.07, 6.45) is 10.6. The molecule has 4 nitrogen and oxygen atoms in total. The van der Waals surface area contributed by atoms with Crippen LogP contribution in [0.5, 0.6) is 0 Å². The van der Waals surface area contributed by atoms with Crippen LogP contribution >= 0.6 is 0 Å². The summed E-state index contributed by atoms with van der Waals surface area (Å²) in [6, 6.07) is 0. The average molecular weight is 405 g/mol. The van der Waals surface area contributed by atoms with Crippen LogP contribution < -0.4 is 10.6 Å². The van der Waals surface area contributed by atoms with Gasteiger partial charge in [-0.2, -0.15) is 0 Å². The van der Waals surface area contributed by atoms with Crippen LogP contribution in [0.15, 0.2) is 0 Å². The van der Waals surface area contributed by atoms with Gasteiger partial charge in [-0.1, -0.05) is 53.4 Å². The van der Waals surface area contributed by atoms with Gasteiger partial charge in [-0.25, -0.2) is 0 Å². The standard InChI is InChI=1S/C20H48N2O2Si2/c1-19(2,25-23-5)13-17-21-15-11-9-7-8-10-12-16-22-18-14-20(3,4)26-24-6/h21-22H,7-18,25-26H2,1-6H3. The Bertz CT molecular complexity index is 286. The van der Waals surface area contributed by atoms with Crippen LogP contribution in [-0.4, -0.2) is 59.9 Å². The zero-order chi connectivity index (χ0) is 19.7. The van der Waals surface area contributed by atoms with Crippen molar-refractivity contribution in [3.63, 3.8) is 0 Å². The normalized spacial score (nSPS) is 13.6. The third-order valence-corrected chi connectivity index (χ3v) is 7.83. The Morgan fingerprint density at radius 2 is 0.923 bits per heavy atom. The molecule has 158 valence electrons. The van der Waals surface area contributed by atoms with Gasteiger partial charge in [-0.05, 0) is 61.9 Å². The molecule has 0 amide bonds. The second-order valence-electron chi connectivity index (χ2n) is 9.32. The van der Waals surface area contributed by atoms with E-state index in [2.05, 4.69) is 38.3 Å². The molecular formula is C20H48N2O2Si2. The van der Waals surface area contributed by atoms with Gasteiger partial charge < -0.3 is 19.5 Å². The van der Waals surface area contributed by atoms with E-state index in [0.29, 0.717) is 10.1 Å². The lowest BCUT2D eigenvalue weighted by Crippen LogP contribution is -2.24. The van der Waals surface area contributed by atoms with Crippen LogP contribution in [0.4, 0.5) is 0 Å². The largest absolute Gasteiger partial charge is 0.427 e. The highest BCUT2D eigenvalue weighted by atomic mass is 28.2. The molecular weight excluding hydrogens is 356 g/mol. The minimum Gasteiger partial charge on any atom is -0.427 e. The molecule has 0 saturated carbocycles. The van der Waals surface area contributed by atoms with Crippen molar-refractivity contribution in [2.75, 3.05) is 40.4 Å². The van der Waals surface area contributed by atoms with Gasteiger partial charge in [-0.15, -0.1) is 0 Å². The van der Waals surface area contributed by atoms with Crippen LogP contribution in [0, 0.1) is 0 Å². The first-order valence-corrected chi connectivity index (χ1v) is 13.3. The molecule has 0 radical (unpaired) electrons. The van der Waals surface area contributed by atoms with Crippen LogP contribution in [0.1, 0.15) is 79.1 Å². The third kappa shape index (κ3) is 17.7. The number of hydrogen-bond donors (Lipinski definition) is 2. The molecule has 0 aromatic heterocycles. The molecule has 0 fully saturated rings. The monoisotopic (exact) mass is 404 g/mol. The smallest absolute Gasteiger partial charge is 0.166 e. The predicted molar refractivity (Wildman–Crippen MR) is 122 cm³/mol. The number of rotatable bonds is 19. The Morgan fingerprint density at radius 1 is 0.577 bits per heavy atom. The maximum atomic E-state index is 5.40. The second kappa shape index (κ2) is 16.2. The molecule has 0 aromatic carbocycles. The Morgan fingerprint density at radius 3 is 1.27 bits per heavy atom. The highest BCUT2D eigenvalue weighted by Crippen LogP contribution is 2.27. The van der Waals surface area contributed by atoms with Crippen molar-refractivity contribution in [2.24, 2.45) is 0 Å². The van der Waals surface area contributed by atoms with Crippen molar-refractivity contribution >= 4 is 19.5 Å². The molecule has 0 saturated heterocycles. The van der Waals surface area contributed by atoms with Gasteiger partial charge in [0.15, 0.2) is 19.5 Å². The van der Waals surface area contributed by atoms with E-state index in [-0.39, 0.29) is 19.5 Å². The first-order chi connectivity index (χ1) is 12.3. The fourth-order valence-corrected chi connectivity index (χ4v) is 5.44. The van der Waals surface area contributed by atoms with E-state index < -0.39 is 0 Å². The molecule has 2 N–H and O–H groups in total. The van der Waals surface area contributed by atoms with Gasteiger partial charge in [0.25, 0.3) is 0 Å². The lowest BCUT2D eigenvalue weighted by Gasteiger charge is -2.22. The van der Waals surface area contributed by atoms with Crippen molar-refractivity contribution in [1.82, 2.24) is 10.6 Å². The third-order valence-electron chi connectivity index (χ3n) is 4.98. The molecule has 26 heavy (non-hydrogen) atoms. The second-order valence-corrected chi connectivity index (χ2v) is 14.9. The SMILES string of the molecule is CO[SiH2]C(C)(C)CCNCCCCCCCCNCCC(C)(C)[SiH2]OC. The number of hydrogen-bond acceptors (Lipinski definition) is 4. The zero-order valence-electron chi connectivity index (χ0n) is 18.7. The van der Waals surface area contributed by atoms with E-state index in [4.69, 9.17) is 8.85 Å². The van der Waals surface area contributed by atoms with Gasteiger partial charge in [0.05, 0.1) is 0 Å². The summed E-state index contributed by atoms with van der Waals surface area (Å²) in [5, 5.41) is 8.05.